The predicted octanol–water partition coefficient (Wildman–Crippen LogP) is 3.21. The monoisotopic (exact) mass is 439 g/mol. The summed E-state index contributed by atoms with van der Waals surface area (Å²) in [6.07, 6.45) is 0.467. The molecule has 0 saturated carbocycles. The van der Waals surface area contributed by atoms with Gasteiger partial charge in [-0.05, 0) is 75.5 Å². The van der Waals surface area contributed by atoms with E-state index in [-0.39, 0.29) is 31.7 Å². The minimum absolute atomic E-state index is 0.0401. The third-order valence-electron chi connectivity index (χ3n) is 6.17. The van der Waals surface area contributed by atoms with Crippen molar-refractivity contribution in [2.24, 2.45) is 0 Å². The summed E-state index contributed by atoms with van der Waals surface area (Å²) in [6, 6.07) is 5.70. The molecule has 1 amide bonds. The summed E-state index contributed by atoms with van der Waals surface area (Å²) in [4.78, 5) is 27.5. The summed E-state index contributed by atoms with van der Waals surface area (Å²) < 4.78 is 39.1. The normalized spacial score (nSPS) is 17.6. The van der Waals surface area contributed by atoms with Crippen molar-refractivity contribution in [2.45, 2.75) is 51.1 Å². The van der Waals surface area contributed by atoms with Crippen LogP contribution in [0.3, 0.4) is 0 Å². The van der Waals surface area contributed by atoms with E-state index < -0.39 is 12.1 Å². The highest BCUT2D eigenvalue weighted by Gasteiger charge is 2.42. The zero-order valence-electron chi connectivity index (χ0n) is 18.0. The van der Waals surface area contributed by atoms with Gasteiger partial charge in [0.2, 0.25) is 0 Å². The molecule has 2 aliphatic heterocycles. The summed E-state index contributed by atoms with van der Waals surface area (Å²) in [5, 5.41) is 3.33. The summed E-state index contributed by atoms with van der Waals surface area (Å²) >= 11 is 0. The maximum Gasteiger partial charge on any atom is 0.471 e. The molecule has 0 atom stereocenters. The standard InChI is InChI=1S/C23H32F3N3O2/c24-23(25,26)22(31)29(16-15-28-12-2-1-3-13-28)14-4-5-21(30)20-7-6-18-8-10-27-11-9-19(18)17-20/h6-7,17,27H,1-5,8-16H2. The average molecular weight is 440 g/mol. The van der Waals surface area contributed by atoms with Crippen LogP contribution in [0.25, 0.3) is 0 Å². The van der Waals surface area contributed by atoms with E-state index in [1.54, 1.807) is 0 Å². The number of alkyl halides is 3. The molecular weight excluding hydrogens is 407 g/mol. The number of amides is 1. The lowest BCUT2D eigenvalue weighted by Gasteiger charge is -2.30. The largest absolute Gasteiger partial charge is 0.471 e. The van der Waals surface area contributed by atoms with E-state index in [4.69, 9.17) is 0 Å². The number of carbonyl (C=O) groups is 2. The first-order valence-electron chi connectivity index (χ1n) is 11.3. The van der Waals surface area contributed by atoms with E-state index in [0.717, 1.165) is 68.7 Å². The van der Waals surface area contributed by atoms with Gasteiger partial charge in [-0.1, -0.05) is 18.6 Å². The van der Waals surface area contributed by atoms with Crippen LogP contribution in [0, 0.1) is 0 Å². The molecule has 8 heteroatoms. The zero-order chi connectivity index (χ0) is 22.3. The average Bonchev–Trinajstić information content (AvgIpc) is 3.00. The Morgan fingerprint density at radius 1 is 1.00 bits per heavy atom. The second-order valence-electron chi connectivity index (χ2n) is 8.45. The van der Waals surface area contributed by atoms with Gasteiger partial charge in [-0.2, -0.15) is 13.2 Å². The van der Waals surface area contributed by atoms with Crippen molar-refractivity contribution < 1.29 is 22.8 Å². The van der Waals surface area contributed by atoms with Crippen LogP contribution in [0.15, 0.2) is 18.2 Å². The van der Waals surface area contributed by atoms with Gasteiger partial charge < -0.3 is 15.1 Å². The molecule has 2 heterocycles. The number of hydrogen-bond donors (Lipinski definition) is 1. The highest BCUT2D eigenvalue weighted by atomic mass is 19.4. The molecule has 0 radical (unpaired) electrons. The van der Waals surface area contributed by atoms with E-state index in [2.05, 4.69) is 10.2 Å². The fourth-order valence-electron chi connectivity index (χ4n) is 4.36. The molecule has 1 aromatic carbocycles. The summed E-state index contributed by atoms with van der Waals surface area (Å²) in [7, 11) is 0. The lowest BCUT2D eigenvalue weighted by Crippen LogP contribution is -2.46. The number of carbonyl (C=O) groups excluding carboxylic acids is 2. The first kappa shape index (κ1) is 23.7. The van der Waals surface area contributed by atoms with Gasteiger partial charge in [0.15, 0.2) is 5.78 Å². The third kappa shape index (κ3) is 7.04. The lowest BCUT2D eigenvalue weighted by molar-refractivity contribution is -0.185. The van der Waals surface area contributed by atoms with Crippen LogP contribution in [0.5, 0.6) is 0 Å². The molecule has 0 unspecified atom stereocenters. The first-order valence-corrected chi connectivity index (χ1v) is 11.3. The predicted molar refractivity (Wildman–Crippen MR) is 113 cm³/mol. The lowest BCUT2D eigenvalue weighted by atomic mass is 9.97. The highest BCUT2D eigenvalue weighted by Crippen LogP contribution is 2.20. The van der Waals surface area contributed by atoms with Crippen LogP contribution in [0.1, 0.15) is 53.6 Å². The number of fused-ring (bicyclic) bond motifs is 1. The molecule has 5 nitrogen and oxygen atoms in total. The maximum atomic E-state index is 13.0. The molecule has 0 aromatic heterocycles. The summed E-state index contributed by atoms with van der Waals surface area (Å²) in [5.74, 6) is -1.90. The Bertz CT molecular complexity index is 761. The van der Waals surface area contributed by atoms with Gasteiger partial charge in [-0.15, -0.1) is 0 Å². The zero-order valence-corrected chi connectivity index (χ0v) is 18.0. The van der Waals surface area contributed by atoms with Crippen molar-refractivity contribution in [3.63, 3.8) is 0 Å². The Kier molecular flexibility index (Phi) is 8.49. The molecule has 3 rings (SSSR count). The van der Waals surface area contributed by atoms with Gasteiger partial charge in [0.05, 0.1) is 0 Å². The Labute approximate surface area is 182 Å². The first-order chi connectivity index (χ1) is 14.8. The molecule has 0 aliphatic carbocycles. The van der Waals surface area contributed by atoms with Crippen molar-refractivity contribution in [1.82, 2.24) is 15.1 Å². The topological polar surface area (TPSA) is 52.7 Å². The Hall–Kier alpha value is -1.93. The van der Waals surface area contributed by atoms with Crippen LogP contribution < -0.4 is 5.32 Å². The number of halogens is 3. The van der Waals surface area contributed by atoms with E-state index >= 15 is 0 Å². The number of nitrogens with zero attached hydrogens (tertiary/aromatic N) is 2. The molecular formula is C23H32F3N3O2. The molecule has 31 heavy (non-hydrogen) atoms. The van der Waals surface area contributed by atoms with E-state index in [1.807, 2.05) is 18.2 Å². The maximum absolute atomic E-state index is 13.0. The van der Waals surface area contributed by atoms with Crippen LogP contribution in [-0.2, 0) is 17.6 Å². The van der Waals surface area contributed by atoms with Crippen LogP contribution in [0.2, 0.25) is 0 Å². The number of likely N-dealkylation sites (tertiary alicyclic amines) is 1. The quantitative estimate of drug-likeness (QED) is 0.632. The molecule has 1 N–H and O–H groups in total. The van der Waals surface area contributed by atoms with Crippen molar-refractivity contribution >= 4 is 11.7 Å². The van der Waals surface area contributed by atoms with Gasteiger partial charge >= 0.3 is 12.1 Å². The molecule has 0 spiro atoms. The van der Waals surface area contributed by atoms with E-state index in [0.29, 0.717) is 12.1 Å². The number of rotatable bonds is 8. The fraction of sp³-hybridized carbons (Fsp3) is 0.652. The van der Waals surface area contributed by atoms with E-state index in [1.165, 1.54) is 5.56 Å². The third-order valence-corrected chi connectivity index (χ3v) is 6.17. The number of benzene rings is 1. The van der Waals surface area contributed by atoms with Gasteiger partial charge in [0.1, 0.15) is 0 Å². The van der Waals surface area contributed by atoms with Crippen molar-refractivity contribution in [3.05, 3.63) is 34.9 Å². The van der Waals surface area contributed by atoms with Crippen LogP contribution in [0.4, 0.5) is 13.2 Å². The van der Waals surface area contributed by atoms with Crippen molar-refractivity contribution in [2.75, 3.05) is 45.8 Å². The highest BCUT2D eigenvalue weighted by molar-refractivity contribution is 5.96. The number of hydrogen-bond acceptors (Lipinski definition) is 4. The Balaban J connectivity index is 1.54. The molecule has 0 bridgehead atoms. The minimum Gasteiger partial charge on any atom is -0.334 e. The van der Waals surface area contributed by atoms with Gasteiger partial charge in [-0.25, -0.2) is 0 Å². The molecule has 1 fully saturated rings. The summed E-state index contributed by atoms with van der Waals surface area (Å²) in [5.41, 5.74) is 3.00. The van der Waals surface area contributed by atoms with Crippen molar-refractivity contribution in [1.29, 1.82) is 0 Å². The smallest absolute Gasteiger partial charge is 0.334 e. The Morgan fingerprint density at radius 3 is 2.42 bits per heavy atom. The molecule has 1 aromatic rings. The van der Waals surface area contributed by atoms with Gasteiger partial charge in [0.25, 0.3) is 0 Å². The number of piperidine rings is 1. The number of Topliss-reactive ketones (excluding diaryl/α,β-unsaturated/α-hetero) is 1. The van der Waals surface area contributed by atoms with Gasteiger partial charge in [0, 0.05) is 31.6 Å². The minimum atomic E-state index is -4.89. The van der Waals surface area contributed by atoms with E-state index in [9.17, 15) is 22.8 Å². The SMILES string of the molecule is O=C(CCCN(CCN1CCCCC1)C(=O)C(F)(F)F)c1ccc2c(c1)CCNCC2. The molecule has 172 valence electrons. The fourth-order valence-corrected chi connectivity index (χ4v) is 4.36. The van der Waals surface area contributed by atoms with Crippen LogP contribution >= 0.6 is 0 Å². The molecule has 1 saturated heterocycles. The Morgan fingerprint density at radius 2 is 1.71 bits per heavy atom. The second-order valence-corrected chi connectivity index (χ2v) is 8.45. The van der Waals surface area contributed by atoms with Gasteiger partial charge in [-0.3, -0.25) is 9.59 Å². The summed E-state index contributed by atoms with van der Waals surface area (Å²) in [6.45, 7) is 3.93. The van der Waals surface area contributed by atoms with Crippen molar-refractivity contribution in [3.8, 4) is 0 Å². The molecule has 2 aliphatic rings. The second kappa shape index (κ2) is 11.1. The number of ketones is 1. The number of nitrogens with one attached hydrogen (secondary N) is 1. The van der Waals surface area contributed by atoms with Crippen LogP contribution in [-0.4, -0.2) is 73.5 Å².